The van der Waals surface area contributed by atoms with Gasteiger partial charge in [-0.2, -0.15) is 0 Å². The van der Waals surface area contributed by atoms with Gasteiger partial charge in [0.15, 0.2) is 5.13 Å². The molecule has 1 aliphatic rings. The Bertz CT molecular complexity index is 951. The zero-order chi connectivity index (χ0) is 18.8. The molecule has 0 unspecified atom stereocenters. The largest absolute Gasteiger partial charge is 0.379 e. The number of amides is 1. The molecule has 1 aromatic carbocycles. The number of aromatic nitrogens is 2. The van der Waals surface area contributed by atoms with Crippen molar-refractivity contribution in [1.29, 1.82) is 0 Å². The van der Waals surface area contributed by atoms with Gasteiger partial charge in [-0.25, -0.2) is 4.98 Å². The molecule has 1 aliphatic heterocycles. The molecule has 2 aromatic heterocycles. The summed E-state index contributed by atoms with van der Waals surface area (Å²) in [6.07, 6.45) is 0. The smallest absolute Gasteiger partial charge is 0.298 e. The number of halogens is 1. The van der Waals surface area contributed by atoms with Crippen LogP contribution < -0.4 is 4.90 Å². The third-order valence-electron chi connectivity index (χ3n) is 4.40. The van der Waals surface area contributed by atoms with Gasteiger partial charge in [0.25, 0.3) is 5.91 Å². The van der Waals surface area contributed by atoms with Crippen LogP contribution in [0.25, 0.3) is 10.2 Å². The van der Waals surface area contributed by atoms with Gasteiger partial charge in [0.1, 0.15) is 0 Å². The topological polar surface area (TPSA) is 71.7 Å². The average Bonchev–Trinajstić information content (AvgIpc) is 3.28. The number of morpholine rings is 1. The molecule has 3 aromatic rings. The van der Waals surface area contributed by atoms with E-state index in [-0.39, 0.29) is 11.7 Å². The number of hydrogen-bond acceptors (Lipinski definition) is 7. The standard InChI is InChI=1S/C18H19ClN4O3S/c1-12-10-15(26-21-12)17(24)23(5-4-22-6-8-25-9-7-22)18-20-14-3-2-13(19)11-16(14)27-18/h2-3,10-11H,4-9H2,1H3. The fourth-order valence-electron chi connectivity index (χ4n) is 2.95. The van der Waals surface area contributed by atoms with Crippen LogP contribution in [-0.4, -0.2) is 60.3 Å². The number of fused-ring (bicyclic) bond motifs is 1. The normalized spacial score (nSPS) is 15.3. The SMILES string of the molecule is Cc1cc(C(=O)N(CCN2CCOCC2)c2nc3ccc(Cl)cc3s2)on1. The first-order valence-electron chi connectivity index (χ1n) is 8.71. The highest BCUT2D eigenvalue weighted by Crippen LogP contribution is 2.31. The minimum absolute atomic E-state index is 0.215. The van der Waals surface area contributed by atoms with E-state index in [0.717, 1.165) is 43.1 Å². The van der Waals surface area contributed by atoms with Crippen molar-refractivity contribution in [3.8, 4) is 0 Å². The molecule has 1 amide bonds. The number of carbonyl (C=O) groups is 1. The molecule has 27 heavy (non-hydrogen) atoms. The molecule has 0 saturated carbocycles. The van der Waals surface area contributed by atoms with Crippen LogP contribution in [0.4, 0.5) is 5.13 Å². The quantitative estimate of drug-likeness (QED) is 0.647. The Morgan fingerprint density at radius 1 is 1.33 bits per heavy atom. The van der Waals surface area contributed by atoms with Crippen LogP contribution in [0, 0.1) is 6.92 Å². The molecule has 0 spiro atoms. The second kappa shape index (κ2) is 7.93. The number of aryl methyl sites for hydroxylation is 1. The predicted octanol–water partition coefficient (Wildman–Crippen LogP) is 3.23. The van der Waals surface area contributed by atoms with E-state index in [1.807, 2.05) is 12.1 Å². The minimum atomic E-state index is -0.242. The number of hydrogen-bond donors (Lipinski definition) is 0. The third kappa shape index (κ3) is 4.14. The van der Waals surface area contributed by atoms with Gasteiger partial charge in [-0.05, 0) is 25.1 Å². The molecule has 0 N–H and O–H groups in total. The summed E-state index contributed by atoms with van der Waals surface area (Å²) in [6, 6.07) is 7.17. The molecule has 9 heteroatoms. The summed E-state index contributed by atoms with van der Waals surface area (Å²) in [5, 5.41) is 5.11. The van der Waals surface area contributed by atoms with Gasteiger partial charge < -0.3 is 9.26 Å². The minimum Gasteiger partial charge on any atom is -0.379 e. The Balaban J connectivity index is 1.62. The fraction of sp³-hybridized carbons (Fsp3) is 0.389. The van der Waals surface area contributed by atoms with Gasteiger partial charge in [0.2, 0.25) is 5.76 Å². The van der Waals surface area contributed by atoms with Crippen LogP contribution in [-0.2, 0) is 4.74 Å². The first kappa shape index (κ1) is 18.4. The second-order valence-corrected chi connectivity index (χ2v) is 7.80. The number of carbonyl (C=O) groups excluding carboxylic acids is 1. The van der Waals surface area contributed by atoms with Crippen molar-refractivity contribution >= 4 is 44.2 Å². The number of rotatable bonds is 5. The molecule has 1 fully saturated rings. The number of ether oxygens (including phenoxy) is 1. The van der Waals surface area contributed by atoms with Crippen LogP contribution in [0.2, 0.25) is 5.02 Å². The van der Waals surface area contributed by atoms with Crippen molar-refractivity contribution < 1.29 is 14.1 Å². The Hall–Kier alpha value is -2.00. The van der Waals surface area contributed by atoms with Gasteiger partial charge >= 0.3 is 0 Å². The number of thiazole rings is 1. The molecule has 7 nitrogen and oxygen atoms in total. The van der Waals surface area contributed by atoms with Crippen LogP contribution in [0.15, 0.2) is 28.8 Å². The Morgan fingerprint density at radius 3 is 2.89 bits per heavy atom. The lowest BCUT2D eigenvalue weighted by Gasteiger charge is -2.28. The lowest BCUT2D eigenvalue weighted by Crippen LogP contribution is -2.43. The highest BCUT2D eigenvalue weighted by atomic mass is 35.5. The summed E-state index contributed by atoms with van der Waals surface area (Å²) in [5.74, 6) is -0.0271. The van der Waals surface area contributed by atoms with Crippen molar-refractivity contribution in [1.82, 2.24) is 15.0 Å². The van der Waals surface area contributed by atoms with Crippen molar-refractivity contribution in [3.05, 3.63) is 40.7 Å². The highest BCUT2D eigenvalue weighted by molar-refractivity contribution is 7.22. The lowest BCUT2D eigenvalue weighted by atomic mass is 10.3. The maximum absolute atomic E-state index is 13.1. The lowest BCUT2D eigenvalue weighted by molar-refractivity contribution is 0.0390. The first-order valence-corrected chi connectivity index (χ1v) is 9.91. The first-order chi connectivity index (χ1) is 13.1. The summed E-state index contributed by atoms with van der Waals surface area (Å²) < 4.78 is 11.5. The van der Waals surface area contributed by atoms with Gasteiger partial charge in [-0.15, -0.1) is 0 Å². The van der Waals surface area contributed by atoms with E-state index >= 15 is 0 Å². The number of nitrogens with zero attached hydrogens (tertiary/aromatic N) is 4. The van der Waals surface area contributed by atoms with Crippen molar-refractivity contribution in [3.63, 3.8) is 0 Å². The third-order valence-corrected chi connectivity index (χ3v) is 5.67. The summed E-state index contributed by atoms with van der Waals surface area (Å²) in [7, 11) is 0. The van der Waals surface area contributed by atoms with E-state index in [2.05, 4.69) is 15.0 Å². The predicted molar refractivity (Wildman–Crippen MR) is 105 cm³/mol. The molecule has 0 radical (unpaired) electrons. The second-order valence-electron chi connectivity index (χ2n) is 6.35. The molecule has 1 saturated heterocycles. The molecule has 4 rings (SSSR count). The van der Waals surface area contributed by atoms with Crippen LogP contribution in [0.3, 0.4) is 0 Å². The number of anilines is 1. The summed E-state index contributed by atoms with van der Waals surface area (Å²) in [4.78, 5) is 21.6. The zero-order valence-corrected chi connectivity index (χ0v) is 16.4. The highest BCUT2D eigenvalue weighted by Gasteiger charge is 2.25. The van der Waals surface area contributed by atoms with Gasteiger partial charge in [-0.1, -0.05) is 28.1 Å². The van der Waals surface area contributed by atoms with Gasteiger partial charge in [-0.3, -0.25) is 14.6 Å². The summed E-state index contributed by atoms with van der Waals surface area (Å²) in [5.41, 5.74) is 1.49. The monoisotopic (exact) mass is 406 g/mol. The van der Waals surface area contributed by atoms with Crippen molar-refractivity contribution in [2.45, 2.75) is 6.92 Å². The maximum Gasteiger partial charge on any atom is 0.298 e. The van der Waals surface area contributed by atoms with E-state index in [9.17, 15) is 4.79 Å². The maximum atomic E-state index is 13.1. The summed E-state index contributed by atoms with van der Waals surface area (Å²) >= 11 is 7.53. The Kier molecular flexibility index (Phi) is 5.40. The van der Waals surface area contributed by atoms with E-state index in [1.54, 1.807) is 24.0 Å². The van der Waals surface area contributed by atoms with E-state index in [0.29, 0.717) is 22.4 Å². The van der Waals surface area contributed by atoms with Crippen molar-refractivity contribution in [2.75, 3.05) is 44.3 Å². The van der Waals surface area contributed by atoms with Crippen LogP contribution in [0.5, 0.6) is 0 Å². The van der Waals surface area contributed by atoms with E-state index in [4.69, 9.17) is 20.9 Å². The summed E-state index contributed by atoms with van der Waals surface area (Å²) in [6.45, 7) is 6.19. The molecule has 142 valence electrons. The molecule has 0 bridgehead atoms. The molecule has 3 heterocycles. The van der Waals surface area contributed by atoms with E-state index < -0.39 is 0 Å². The van der Waals surface area contributed by atoms with Gasteiger partial charge in [0, 0.05) is 37.3 Å². The number of benzene rings is 1. The Morgan fingerprint density at radius 2 is 2.15 bits per heavy atom. The average molecular weight is 407 g/mol. The van der Waals surface area contributed by atoms with E-state index in [1.165, 1.54) is 11.3 Å². The van der Waals surface area contributed by atoms with Gasteiger partial charge in [0.05, 0.1) is 29.1 Å². The zero-order valence-electron chi connectivity index (χ0n) is 14.9. The molecule has 0 aliphatic carbocycles. The Labute approximate surface area is 165 Å². The molecular weight excluding hydrogens is 388 g/mol. The van der Waals surface area contributed by atoms with Crippen LogP contribution >= 0.6 is 22.9 Å². The molecule has 0 atom stereocenters. The fourth-order valence-corrected chi connectivity index (χ4v) is 4.22. The van der Waals surface area contributed by atoms with Crippen molar-refractivity contribution in [2.24, 2.45) is 0 Å². The van der Waals surface area contributed by atoms with Crippen LogP contribution in [0.1, 0.15) is 16.2 Å². The molecular formula is C18H19ClN4O3S.